The zero-order valence-electron chi connectivity index (χ0n) is 30.8. The first-order valence-corrected chi connectivity index (χ1v) is 20.2. The molecule has 1 amide bonds. The van der Waals surface area contributed by atoms with Gasteiger partial charge in [-0.15, -0.1) is 0 Å². The number of aliphatic hydroxyl groups excluding tert-OH is 2. The van der Waals surface area contributed by atoms with Crippen molar-refractivity contribution in [2.24, 2.45) is 0 Å². The molecule has 0 fully saturated rings. The number of unbranched alkanes of at least 4 members (excludes halogenated alkanes) is 25. The average Bonchev–Trinajstić information content (AvgIpc) is 3.06. The van der Waals surface area contributed by atoms with Crippen LogP contribution in [0.3, 0.4) is 0 Å². The van der Waals surface area contributed by atoms with E-state index < -0.39 is 12.1 Å². The molecule has 0 radical (unpaired) electrons. The third kappa shape index (κ3) is 34.0. The number of carbonyl (C=O) groups excluding carboxylic acids is 1. The number of rotatable bonds is 36. The highest BCUT2D eigenvalue weighted by atomic mass is 16.3. The molecule has 0 aromatic rings. The van der Waals surface area contributed by atoms with Crippen LogP contribution in [0.15, 0.2) is 36.5 Å². The number of carbonyl (C=O) groups is 1. The van der Waals surface area contributed by atoms with E-state index in [4.69, 9.17) is 0 Å². The van der Waals surface area contributed by atoms with Gasteiger partial charge in [-0.25, -0.2) is 0 Å². The molecule has 4 heteroatoms. The minimum absolute atomic E-state index is 0.0697. The Bertz CT molecular complexity index is 701. The van der Waals surface area contributed by atoms with E-state index in [0.717, 1.165) is 32.1 Å². The van der Waals surface area contributed by atoms with Gasteiger partial charge in [0.15, 0.2) is 0 Å². The number of amides is 1. The van der Waals surface area contributed by atoms with Crippen molar-refractivity contribution in [2.75, 3.05) is 6.61 Å². The Morgan fingerprint density at radius 3 is 1.30 bits per heavy atom. The number of aliphatic hydroxyl groups is 2. The van der Waals surface area contributed by atoms with Gasteiger partial charge in [-0.2, -0.15) is 0 Å². The Hall–Kier alpha value is -1.39. The fraction of sp³-hybridized carbons (Fsp3) is 0.833. The highest BCUT2D eigenvalue weighted by Crippen LogP contribution is 2.14. The molecule has 0 heterocycles. The standard InChI is InChI=1S/C42H79NO3/c1-3-5-7-9-11-13-15-17-18-19-20-21-22-23-24-26-28-30-32-34-36-38-42(46)43-40(39-44)41(45)37-35-33-31-29-27-25-16-14-12-10-8-6-4-2/h15,17,19-20,35,37,40-41,44-45H,3-14,16,18,21-34,36,38-39H2,1-2H3,(H,43,46)/b17-15-,20-19-,37-35+. The van der Waals surface area contributed by atoms with Gasteiger partial charge in [-0.05, 0) is 51.4 Å². The summed E-state index contributed by atoms with van der Waals surface area (Å²) >= 11 is 0. The predicted molar refractivity (Wildman–Crippen MR) is 202 cm³/mol. The SMILES string of the molecule is CCCCCCC/C=C\C/C=C\CCCCCCCCCCCC(=O)NC(CO)C(O)/C=C/CCCCCCCCCCCCC. The van der Waals surface area contributed by atoms with Crippen molar-refractivity contribution in [1.82, 2.24) is 5.32 Å². The molecular weight excluding hydrogens is 566 g/mol. The maximum atomic E-state index is 12.3. The summed E-state index contributed by atoms with van der Waals surface area (Å²) in [4.78, 5) is 12.3. The molecule has 0 aliphatic carbocycles. The molecule has 0 rings (SSSR count). The van der Waals surface area contributed by atoms with Gasteiger partial charge in [0.1, 0.15) is 0 Å². The molecule has 0 spiro atoms. The predicted octanol–water partition coefficient (Wildman–Crippen LogP) is 12.2. The lowest BCUT2D eigenvalue weighted by Crippen LogP contribution is -2.45. The van der Waals surface area contributed by atoms with Crippen molar-refractivity contribution in [3.63, 3.8) is 0 Å². The van der Waals surface area contributed by atoms with E-state index in [-0.39, 0.29) is 12.5 Å². The molecule has 0 saturated carbocycles. The Morgan fingerprint density at radius 2 is 0.891 bits per heavy atom. The van der Waals surface area contributed by atoms with Gasteiger partial charge in [0, 0.05) is 6.42 Å². The lowest BCUT2D eigenvalue weighted by molar-refractivity contribution is -0.123. The minimum atomic E-state index is -0.838. The van der Waals surface area contributed by atoms with Crippen LogP contribution in [0.4, 0.5) is 0 Å². The van der Waals surface area contributed by atoms with Crippen LogP contribution in [0.1, 0.15) is 206 Å². The monoisotopic (exact) mass is 646 g/mol. The smallest absolute Gasteiger partial charge is 0.220 e. The maximum Gasteiger partial charge on any atom is 0.220 e. The highest BCUT2D eigenvalue weighted by molar-refractivity contribution is 5.76. The molecule has 0 aliphatic heterocycles. The van der Waals surface area contributed by atoms with Gasteiger partial charge < -0.3 is 15.5 Å². The van der Waals surface area contributed by atoms with E-state index in [2.05, 4.69) is 43.5 Å². The molecule has 46 heavy (non-hydrogen) atoms. The van der Waals surface area contributed by atoms with Crippen molar-refractivity contribution in [2.45, 2.75) is 219 Å². The van der Waals surface area contributed by atoms with Crippen molar-refractivity contribution in [1.29, 1.82) is 0 Å². The van der Waals surface area contributed by atoms with Crippen LogP contribution in [-0.4, -0.2) is 34.9 Å². The van der Waals surface area contributed by atoms with Crippen molar-refractivity contribution in [3.05, 3.63) is 36.5 Å². The van der Waals surface area contributed by atoms with Crippen LogP contribution >= 0.6 is 0 Å². The fourth-order valence-electron chi connectivity index (χ4n) is 5.97. The first kappa shape index (κ1) is 44.6. The van der Waals surface area contributed by atoms with E-state index >= 15 is 0 Å². The maximum absolute atomic E-state index is 12.3. The molecule has 0 aromatic heterocycles. The minimum Gasteiger partial charge on any atom is -0.394 e. The van der Waals surface area contributed by atoms with Crippen LogP contribution in [0.25, 0.3) is 0 Å². The van der Waals surface area contributed by atoms with Crippen LogP contribution < -0.4 is 5.32 Å². The van der Waals surface area contributed by atoms with Crippen LogP contribution in [-0.2, 0) is 4.79 Å². The molecule has 0 aliphatic rings. The number of nitrogens with one attached hydrogen (secondary N) is 1. The summed E-state index contributed by atoms with van der Waals surface area (Å²) in [6.07, 6.45) is 49.5. The quantitative estimate of drug-likeness (QED) is 0.0469. The second kappa shape index (κ2) is 38.1. The summed E-state index contributed by atoms with van der Waals surface area (Å²) in [6, 6.07) is -0.622. The molecule has 0 saturated heterocycles. The highest BCUT2D eigenvalue weighted by Gasteiger charge is 2.17. The van der Waals surface area contributed by atoms with Gasteiger partial charge in [0.05, 0.1) is 18.8 Å². The average molecular weight is 646 g/mol. The number of hydrogen-bond donors (Lipinski definition) is 3. The zero-order chi connectivity index (χ0) is 33.6. The Labute approximate surface area is 287 Å². The van der Waals surface area contributed by atoms with E-state index in [1.807, 2.05) is 6.08 Å². The lowest BCUT2D eigenvalue weighted by atomic mass is 10.0. The Balaban J connectivity index is 3.59. The van der Waals surface area contributed by atoms with Crippen molar-refractivity contribution >= 4 is 5.91 Å². The van der Waals surface area contributed by atoms with Crippen molar-refractivity contribution < 1.29 is 15.0 Å². The number of allylic oxidation sites excluding steroid dienone is 5. The molecule has 2 unspecified atom stereocenters. The summed E-state index contributed by atoms with van der Waals surface area (Å²) in [5.74, 6) is -0.0697. The third-order valence-electron chi connectivity index (χ3n) is 9.12. The largest absolute Gasteiger partial charge is 0.394 e. The molecule has 2 atom stereocenters. The Morgan fingerprint density at radius 1 is 0.522 bits per heavy atom. The molecule has 270 valence electrons. The van der Waals surface area contributed by atoms with E-state index in [9.17, 15) is 15.0 Å². The van der Waals surface area contributed by atoms with E-state index in [1.54, 1.807) is 6.08 Å². The van der Waals surface area contributed by atoms with Crippen LogP contribution in [0.2, 0.25) is 0 Å². The van der Waals surface area contributed by atoms with Crippen molar-refractivity contribution in [3.8, 4) is 0 Å². The van der Waals surface area contributed by atoms with Gasteiger partial charge in [-0.3, -0.25) is 4.79 Å². The van der Waals surface area contributed by atoms with Crippen LogP contribution in [0.5, 0.6) is 0 Å². The second-order valence-electron chi connectivity index (χ2n) is 13.7. The Kier molecular flexibility index (Phi) is 36.9. The zero-order valence-corrected chi connectivity index (χ0v) is 30.8. The van der Waals surface area contributed by atoms with Gasteiger partial charge in [0.2, 0.25) is 5.91 Å². The summed E-state index contributed by atoms with van der Waals surface area (Å²) in [7, 11) is 0. The first-order chi connectivity index (χ1) is 22.7. The third-order valence-corrected chi connectivity index (χ3v) is 9.12. The van der Waals surface area contributed by atoms with Gasteiger partial charge in [0.25, 0.3) is 0 Å². The molecule has 0 aromatic carbocycles. The van der Waals surface area contributed by atoms with Crippen LogP contribution in [0, 0.1) is 0 Å². The van der Waals surface area contributed by atoms with Gasteiger partial charge >= 0.3 is 0 Å². The molecule has 4 nitrogen and oxygen atoms in total. The summed E-state index contributed by atoms with van der Waals surface area (Å²) < 4.78 is 0. The van der Waals surface area contributed by atoms with E-state index in [0.29, 0.717) is 6.42 Å². The molecular formula is C42H79NO3. The van der Waals surface area contributed by atoms with E-state index in [1.165, 1.54) is 154 Å². The summed E-state index contributed by atoms with van der Waals surface area (Å²) in [5, 5.41) is 22.9. The fourth-order valence-corrected chi connectivity index (χ4v) is 5.97. The number of hydrogen-bond acceptors (Lipinski definition) is 3. The normalized spacial score (nSPS) is 13.4. The summed E-state index contributed by atoms with van der Waals surface area (Å²) in [5.41, 5.74) is 0. The second-order valence-corrected chi connectivity index (χ2v) is 13.7. The topological polar surface area (TPSA) is 69.6 Å². The summed E-state index contributed by atoms with van der Waals surface area (Å²) in [6.45, 7) is 4.29. The lowest BCUT2D eigenvalue weighted by Gasteiger charge is -2.20. The molecule has 3 N–H and O–H groups in total. The van der Waals surface area contributed by atoms with Gasteiger partial charge in [-0.1, -0.05) is 185 Å². The molecule has 0 bridgehead atoms. The first-order valence-electron chi connectivity index (χ1n) is 20.2.